The van der Waals surface area contributed by atoms with E-state index in [9.17, 15) is 4.79 Å². The molecule has 0 saturated heterocycles. The minimum Gasteiger partial charge on any atom is -0.493 e. The van der Waals surface area contributed by atoms with Gasteiger partial charge in [-0.05, 0) is 35.2 Å². The third-order valence-electron chi connectivity index (χ3n) is 3.42. The number of benzene rings is 2. The second-order valence-corrected chi connectivity index (χ2v) is 6.08. The zero-order valence-electron chi connectivity index (χ0n) is 14.9. The van der Waals surface area contributed by atoms with Crippen LogP contribution in [0.2, 0.25) is 0 Å². The standard InChI is InChI=1S/C20H24N2O3/c1-15(2)11-20(23)22-21-13-17-9-10-18(19(12-17)24-3)25-14-16-7-5-4-6-8-16/h4-10,12-13,15H,11,14H2,1-3H3,(H,22,23). The Morgan fingerprint density at radius 3 is 2.60 bits per heavy atom. The summed E-state index contributed by atoms with van der Waals surface area (Å²) in [4.78, 5) is 11.6. The molecule has 2 aromatic carbocycles. The predicted octanol–water partition coefficient (Wildman–Crippen LogP) is 3.77. The Labute approximate surface area is 148 Å². The summed E-state index contributed by atoms with van der Waals surface area (Å²) < 4.78 is 11.2. The van der Waals surface area contributed by atoms with Crippen molar-refractivity contribution in [1.29, 1.82) is 0 Å². The summed E-state index contributed by atoms with van der Waals surface area (Å²) in [6.07, 6.45) is 2.04. The Morgan fingerprint density at radius 2 is 1.92 bits per heavy atom. The third kappa shape index (κ3) is 6.30. The molecular weight excluding hydrogens is 316 g/mol. The van der Waals surface area contributed by atoms with Crippen molar-refractivity contribution in [3.63, 3.8) is 0 Å². The quantitative estimate of drug-likeness (QED) is 0.588. The number of methoxy groups -OCH3 is 1. The number of nitrogens with zero attached hydrogens (tertiary/aromatic N) is 1. The number of amides is 1. The molecule has 1 amide bonds. The topological polar surface area (TPSA) is 59.9 Å². The van der Waals surface area contributed by atoms with E-state index < -0.39 is 0 Å². The summed E-state index contributed by atoms with van der Waals surface area (Å²) in [5, 5.41) is 3.97. The molecule has 0 radical (unpaired) electrons. The van der Waals surface area contributed by atoms with Gasteiger partial charge in [-0.2, -0.15) is 5.10 Å². The van der Waals surface area contributed by atoms with E-state index in [2.05, 4.69) is 10.5 Å². The molecule has 0 aromatic heterocycles. The third-order valence-corrected chi connectivity index (χ3v) is 3.42. The maximum Gasteiger partial charge on any atom is 0.240 e. The molecule has 0 spiro atoms. The van der Waals surface area contributed by atoms with E-state index in [0.717, 1.165) is 11.1 Å². The smallest absolute Gasteiger partial charge is 0.240 e. The first-order valence-corrected chi connectivity index (χ1v) is 8.25. The van der Waals surface area contributed by atoms with Gasteiger partial charge < -0.3 is 9.47 Å². The molecule has 0 aliphatic rings. The zero-order valence-corrected chi connectivity index (χ0v) is 14.9. The van der Waals surface area contributed by atoms with Gasteiger partial charge in [0, 0.05) is 6.42 Å². The molecule has 5 nitrogen and oxygen atoms in total. The second-order valence-electron chi connectivity index (χ2n) is 6.08. The predicted molar refractivity (Wildman–Crippen MR) is 99.0 cm³/mol. The fourth-order valence-corrected chi connectivity index (χ4v) is 2.21. The van der Waals surface area contributed by atoms with Crippen molar-refractivity contribution in [2.75, 3.05) is 7.11 Å². The number of ether oxygens (including phenoxy) is 2. The van der Waals surface area contributed by atoms with Crippen LogP contribution in [0.1, 0.15) is 31.4 Å². The van der Waals surface area contributed by atoms with E-state index in [1.54, 1.807) is 13.3 Å². The largest absolute Gasteiger partial charge is 0.493 e. The van der Waals surface area contributed by atoms with E-state index in [0.29, 0.717) is 30.4 Å². The molecule has 5 heteroatoms. The van der Waals surface area contributed by atoms with Crippen LogP contribution in [0, 0.1) is 5.92 Å². The molecule has 0 aliphatic carbocycles. The van der Waals surface area contributed by atoms with Crippen LogP contribution in [0.25, 0.3) is 0 Å². The molecule has 2 aromatic rings. The number of rotatable bonds is 8. The molecule has 0 unspecified atom stereocenters. The number of hydrogen-bond acceptors (Lipinski definition) is 4. The van der Waals surface area contributed by atoms with Crippen molar-refractivity contribution in [3.05, 3.63) is 59.7 Å². The fourth-order valence-electron chi connectivity index (χ4n) is 2.21. The average molecular weight is 340 g/mol. The molecule has 0 fully saturated rings. The lowest BCUT2D eigenvalue weighted by molar-refractivity contribution is -0.121. The summed E-state index contributed by atoms with van der Waals surface area (Å²) in [5.74, 6) is 1.48. The van der Waals surface area contributed by atoms with Gasteiger partial charge in [0.1, 0.15) is 6.61 Å². The van der Waals surface area contributed by atoms with Gasteiger partial charge in [-0.25, -0.2) is 5.43 Å². The summed E-state index contributed by atoms with van der Waals surface area (Å²) >= 11 is 0. The van der Waals surface area contributed by atoms with Crippen molar-refractivity contribution in [3.8, 4) is 11.5 Å². The van der Waals surface area contributed by atoms with E-state index in [1.165, 1.54) is 0 Å². The Balaban J connectivity index is 1.97. The van der Waals surface area contributed by atoms with Crippen LogP contribution in [-0.4, -0.2) is 19.2 Å². The fraction of sp³-hybridized carbons (Fsp3) is 0.300. The average Bonchev–Trinajstić information content (AvgIpc) is 2.60. The van der Waals surface area contributed by atoms with E-state index >= 15 is 0 Å². The number of carbonyl (C=O) groups is 1. The van der Waals surface area contributed by atoms with Gasteiger partial charge in [-0.3, -0.25) is 4.79 Å². The summed E-state index contributed by atoms with van der Waals surface area (Å²) in [6, 6.07) is 15.4. The van der Waals surface area contributed by atoms with Crippen LogP contribution in [-0.2, 0) is 11.4 Å². The number of carbonyl (C=O) groups excluding carboxylic acids is 1. The molecule has 0 atom stereocenters. The van der Waals surface area contributed by atoms with Gasteiger partial charge in [-0.15, -0.1) is 0 Å². The van der Waals surface area contributed by atoms with E-state index in [4.69, 9.17) is 9.47 Å². The number of nitrogens with one attached hydrogen (secondary N) is 1. The van der Waals surface area contributed by atoms with Crippen LogP contribution in [0.4, 0.5) is 0 Å². The highest BCUT2D eigenvalue weighted by molar-refractivity contribution is 5.83. The van der Waals surface area contributed by atoms with Gasteiger partial charge in [0.05, 0.1) is 13.3 Å². The Bertz CT molecular complexity index is 712. The van der Waals surface area contributed by atoms with Crippen molar-refractivity contribution in [2.24, 2.45) is 11.0 Å². The van der Waals surface area contributed by atoms with Crippen molar-refractivity contribution in [1.82, 2.24) is 5.43 Å². The van der Waals surface area contributed by atoms with Crippen molar-refractivity contribution >= 4 is 12.1 Å². The van der Waals surface area contributed by atoms with Crippen LogP contribution in [0.5, 0.6) is 11.5 Å². The highest BCUT2D eigenvalue weighted by atomic mass is 16.5. The first-order chi connectivity index (χ1) is 12.1. The van der Waals surface area contributed by atoms with Crippen molar-refractivity contribution < 1.29 is 14.3 Å². The number of hydrazone groups is 1. The number of hydrogen-bond donors (Lipinski definition) is 1. The molecule has 1 N–H and O–H groups in total. The van der Waals surface area contributed by atoms with Crippen molar-refractivity contribution in [2.45, 2.75) is 26.9 Å². The molecule has 0 aliphatic heterocycles. The minimum absolute atomic E-state index is 0.0963. The minimum atomic E-state index is -0.0963. The lowest BCUT2D eigenvalue weighted by Crippen LogP contribution is -2.19. The van der Waals surface area contributed by atoms with Crippen LogP contribution in [0.3, 0.4) is 0 Å². The van der Waals surface area contributed by atoms with Gasteiger partial charge in [0.25, 0.3) is 0 Å². The van der Waals surface area contributed by atoms with E-state index in [1.807, 2.05) is 62.4 Å². The first-order valence-electron chi connectivity index (χ1n) is 8.25. The maximum atomic E-state index is 11.6. The van der Waals surface area contributed by atoms with Gasteiger partial charge in [0.15, 0.2) is 11.5 Å². The van der Waals surface area contributed by atoms with Gasteiger partial charge >= 0.3 is 0 Å². The maximum absolute atomic E-state index is 11.6. The highest BCUT2D eigenvalue weighted by Gasteiger charge is 2.06. The molecule has 0 bridgehead atoms. The monoisotopic (exact) mass is 340 g/mol. The Morgan fingerprint density at radius 1 is 1.16 bits per heavy atom. The molecule has 25 heavy (non-hydrogen) atoms. The van der Waals surface area contributed by atoms with Crippen LogP contribution in [0.15, 0.2) is 53.6 Å². The lowest BCUT2D eigenvalue weighted by Gasteiger charge is -2.11. The molecule has 0 saturated carbocycles. The Kier molecular flexibility index (Phi) is 7.01. The molecule has 132 valence electrons. The van der Waals surface area contributed by atoms with Crippen LogP contribution >= 0.6 is 0 Å². The summed E-state index contributed by atoms with van der Waals surface area (Å²) in [5.41, 5.74) is 4.42. The second kappa shape index (κ2) is 9.47. The molecular formula is C20H24N2O3. The zero-order chi connectivity index (χ0) is 18.1. The summed E-state index contributed by atoms with van der Waals surface area (Å²) in [7, 11) is 1.59. The van der Waals surface area contributed by atoms with Gasteiger partial charge in [0.2, 0.25) is 5.91 Å². The van der Waals surface area contributed by atoms with Crippen LogP contribution < -0.4 is 14.9 Å². The highest BCUT2D eigenvalue weighted by Crippen LogP contribution is 2.28. The Hall–Kier alpha value is -2.82. The summed E-state index contributed by atoms with van der Waals surface area (Å²) in [6.45, 7) is 4.44. The van der Waals surface area contributed by atoms with Gasteiger partial charge in [-0.1, -0.05) is 44.2 Å². The molecule has 0 heterocycles. The van der Waals surface area contributed by atoms with E-state index in [-0.39, 0.29) is 5.91 Å². The SMILES string of the molecule is COc1cc(C=NNC(=O)CC(C)C)ccc1OCc1ccccc1. The normalized spacial score (nSPS) is 10.9. The first kappa shape index (κ1) is 18.5. The lowest BCUT2D eigenvalue weighted by atomic mass is 10.1. The molecule has 2 rings (SSSR count).